The van der Waals surface area contributed by atoms with Gasteiger partial charge in [0.15, 0.2) is 0 Å². The standard InChI is InChI=1S/C27H41BN4O6/c1-17(2)21(30-25(35)36-9)24(34)32-15-11-13-20(32)22-29-14-10-12-19(16-18(3)23(33)31(22)8)28-37-26(4,5)27(6,7)38-28/h10,12,14,16-17,20-21H,11,13,15H2,1-9H3,(H,30,35). The van der Waals surface area contributed by atoms with E-state index >= 15 is 0 Å². The highest BCUT2D eigenvalue weighted by Crippen LogP contribution is 2.36. The second-order valence-electron chi connectivity index (χ2n) is 11.3. The molecule has 38 heavy (non-hydrogen) atoms. The topological polar surface area (TPSA) is 112 Å². The molecule has 0 aromatic carbocycles. The summed E-state index contributed by atoms with van der Waals surface area (Å²) in [5.74, 6) is 0.0856. The monoisotopic (exact) mass is 528 g/mol. The van der Waals surface area contributed by atoms with Crippen LogP contribution in [0.15, 0.2) is 29.2 Å². The molecule has 0 aliphatic carbocycles. The van der Waals surface area contributed by atoms with Gasteiger partial charge < -0.3 is 24.3 Å². The first-order valence-electron chi connectivity index (χ1n) is 13.1. The van der Waals surface area contributed by atoms with E-state index in [-0.39, 0.29) is 17.4 Å². The molecule has 0 saturated carbocycles. The van der Waals surface area contributed by atoms with Gasteiger partial charge in [0.1, 0.15) is 11.9 Å². The van der Waals surface area contributed by atoms with Crippen molar-refractivity contribution in [1.29, 1.82) is 0 Å². The van der Waals surface area contributed by atoms with E-state index in [4.69, 9.17) is 14.0 Å². The molecule has 2 atom stereocenters. The molecule has 3 heterocycles. The van der Waals surface area contributed by atoms with E-state index in [1.165, 1.54) is 11.7 Å². The minimum absolute atomic E-state index is 0.156. The zero-order valence-electron chi connectivity index (χ0n) is 24.0. The quantitative estimate of drug-likeness (QED) is 0.585. The number of nitrogens with zero attached hydrogens (tertiary/aromatic N) is 3. The van der Waals surface area contributed by atoms with E-state index in [0.29, 0.717) is 29.8 Å². The molecule has 3 rings (SSSR count). The molecule has 2 amide bonds. The number of carbonyl (C=O) groups excluding carboxylic acids is 2. The number of alkyl carbamates (subject to hydrolysis) is 1. The van der Waals surface area contributed by atoms with Crippen molar-refractivity contribution in [3.63, 3.8) is 0 Å². The lowest BCUT2D eigenvalue weighted by molar-refractivity contribution is -0.135. The molecule has 2 unspecified atom stereocenters. The Balaban J connectivity index is 2.02. The van der Waals surface area contributed by atoms with Crippen molar-refractivity contribution in [1.82, 2.24) is 19.8 Å². The number of amides is 2. The Labute approximate surface area is 225 Å². The molecule has 0 radical (unpaired) electrons. The predicted molar refractivity (Wildman–Crippen MR) is 145 cm³/mol. The first-order chi connectivity index (χ1) is 17.7. The van der Waals surface area contributed by atoms with Crippen LogP contribution in [-0.4, -0.2) is 64.5 Å². The van der Waals surface area contributed by atoms with Crippen LogP contribution in [0, 0.1) is 12.8 Å². The van der Waals surface area contributed by atoms with Crippen molar-refractivity contribution in [3.05, 3.63) is 46.1 Å². The molecule has 2 saturated heterocycles. The fourth-order valence-corrected chi connectivity index (χ4v) is 4.70. The van der Waals surface area contributed by atoms with E-state index in [0.717, 1.165) is 6.42 Å². The molecule has 1 aromatic rings. The lowest BCUT2D eigenvalue weighted by Gasteiger charge is -2.32. The highest BCUT2D eigenvalue weighted by Gasteiger charge is 2.51. The number of hydrogen-bond acceptors (Lipinski definition) is 7. The number of aryl methyl sites for hydroxylation is 1. The van der Waals surface area contributed by atoms with Crippen LogP contribution in [0.25, 0.3) is 0 Å². The highest BCUT2D eigenvalue weighted by atomic mass is 16.7. The van der Waals surface area contributed by atoms with Gasteiger partial charge in [-0.1, -0.05) is 26.0 Å². The van der Waals surface area contributed by atoms with Crippen LogP contribution in [0.4, 0.5) is 4.79 Å². The Morgan fingerprint density at radius 2 is 1.84 bits per heavy atom. The fourth-order valence-electron chi connectivity index (χ4n) is 4.70. The van der Waals surface area contributed by atoms with Crippen LogP contribution >= 0.6 is 0 Å². The van der Waals surface area contributed by atoms with Crippen LogP contribution in [0.2, 0.25) is 0 Å². The molecule has 1 N–H and O–H groups in total. The van der Waals surface area contributed by atoms with Crippen LogP contribution in [0.5, 0.6) is 0 Å². The van der Waals surface area contributed by atoms with Crippen molar-refractivity contribution in [2.75, 3.05) is 13.7 Å². The van der Waals surface area contributed by atoms with Crippen molar-refractivity contribution in [3.8, 4) is 0 Å². The average molecular weight is 528 g/mol. The van der Waals surface area contributed by atoms with E-state index in [2.05, 4.69) is 10.3 Å². The van der Waals surface area contributed by atoms with Gasteiger partial charge in [0, 0.05) is 25.4 Å². The Kier molecular flexibility index (Phi) is 8.93. The maximum Gasteiger partial charge on any atom is 0.494 e. The van der Waals surface area contributed by atoms with E-state index in [9.17, 15) is 14.4 Å². The molecular formula is C27H41BN4O6. The number of methoxy groups -OCH3 is 1. The third-order valence-corrected chi connectivity index (χ3v) is 7.70. The molecule has 0 bridgehead atoms. The van der Waals surface area contributed by atoms with Crippen LogP contribution in [-0.2, 0) is 25.9 Å². The number of likely N-dealkylation sites (tertiary alicyclic amines) is 1. The lowest BCUT2D eigenvalue weighted by Crippen LogP contribution is -2.51. The molecule has 2 aliphatic heterocycles. The number of rotatable bonds is 5. The number of aromatic nitrogens is 2. The summed E-state index contributed by atoms with van der Waals surface area (Å²) in [6.45, 7) is 13.9. The Morgan fingerprint density at radius 3 is 2.42 bits per heavy atom. The molecule has 208 valence electrons. The SMILES string of the molecule is COC(=O)NC(C(=O)N1CCCC1c1ncccc(B2OC(C)(C)C(C)(C)O2)cc(C)c(=O)n1C)C(C)C. The van der Waals surface area contributed by atoms with Crippen molar-refractivity contribution >= 4 is 24.6 Å². The van der Waals surface area contributed by atoms with Gasteiger partial charge in [0.05, 0.1) is 24.4 Å². The summed E-state index contributed by atoms with van der Waals surface area (Å²) in [5.41, 5.74) is -0.0707. The molecule has 2 aliphatic rings. The molecule has 1 aromatic heterocycles. The number of ether oxygens (including phenoxy) is 1. The smallest absolute Gasteiger partial charge is 0.453 e. The normalized spacial score (nSPS) is 20.7. The number of carbonyl (C=O) groups is 2. The minimum Gasteiger partial charge on any atom is -0.453 e. The molecule has 10 nitrogen and oxygen atoms in total. The van der Waals surface area contributed by atoms with E-state index < -0.39 is 36.5 Å². The van der Waals surface area contributed by atoms with Gasteiger partial charge in [0.2, 0.25) is 5.91 Å². The summed E-state index contributed by atoms with van der Waals surface area (Å²) < 4.78 is 18.6. The highest BCUT2D eigenvalue weighted by molar-refractivity contribution is 6.62. The summed E-state index contributed by atoms with van der Waals surface area (Å²) in [7, 11) is 2.30. The number of nitrogens with one attached hydrogen (secondary N) is 1. The second kappa shape index (κ2) is 11.4. The second-order valence-corrected chi connectivity index (χ2v) is 11.3. The summed E-state index contributed by atoms with van der Waals surface area (Å²) in [6, 6.07) is 4.22. The first-order valence-corrected chi connectivity index (χ1v) is 13.1. The Bertz CT molecular complexity index is 1160. The van der Waals surface area contributed by atoms with Gasteiger partial charge in [-0.15, -0.1) is 0 Å². The van der Waals surface area contributed by atoms with Crippen LogP contribution in [0.3, 0.4) is 0 Å². The van der Waals surface area contributed by atoms with Gasteiger partial charge in [0.25, 0.3) is 5.56 Å². The predicted octanol–water partition coefficient (Wildman–Crippen LogP) is 2.56. The Hall–Kier alpha value is -2.92. The van der Waals surface area contributed by atoms with E-state index in [1.54, 1.807) is 37.2 Å². The molecule has 11 heteroatoms. The fraction of sp³-hybridized carbons (Fsp3) is 0.630. The molecular weight excluding hydrogens is 487 g/mol. The first kappa shape index (κ1) is 29.6. The zero-order valence-corrected chi connectivity index (χ0v) is 24.0. The largest absolute Gasteiger partial charge is 0.494 e. The van der Waals surface area contributed by atoms with Crippen LogP contribution < -0.4 is 16.3 Å². The van der Waals surface area contributed by atoms with Crippen molar-refractivity contribution in [2.24, 2.45) is 13.0 Å². The van der Waals surface area contributed by atoms with Gasteiger partial charge in [-0.2, -0.15) is 0 Å². The van der Waals surface area contributed by atoms with Crippen molar-refractivity contribution in [2.45, 2.75) is 84.6 Å². The van der Waals surface area contributed by atoms with Crippen molar-refractivity contribution < 1.29 is 23.6 Å². The van der Waals surface area contributed by atoms with Gasteiger partial charge in [-0.25, -0.2) is 9.78 Å². The summed E-state index contributed by atoms with van der Waals surface area (Å²) in [4.78, 5) is 45.3. The third-order valence-electron chi connectivity index (χ3n) is 7.70. The summed E-state index contributed by atoms with van der Waals surface area (Å²) in [6.07, 6.45) is 2.36. The van der Waals surface area contributed by atoms with Crippen LogP contribution in [0.1, 0.15) is 71.8 Å². The average Bonchev–Trinajstić information content (AvgIpc) is 3.40. The minimum atomic E-state index is -0.758. The van der Waals surface area contributed by atoms with Gasteiger partial charge in [-0.3, -0.25) is 14.2 Å². The molecule has 0 spiro atoms. The summed E-state index contributed by atoms with van der Waals surface area (Å²) in [5, 5.41) is 2.65. The summed E-state index contributed by atoms with van der Waals surface area (Å²) >= 11 is 0. The maximum atomic E-state index is 13.5. The van der Waals surface area contributed by atoms with Gasteiger partial charge >= 0.3 is 13.2 Å². The lowest BCUT2D eigenvalue weighted by atomic mass is 9.79. The van der Waals surface area contributed by atoms with E-state index in [1.807, 2.05) is 47.6 Å². The zero-order chi connectivity index (χ0) is 28.4. The third kappa shape index (κ3) is 6.04. The number of hydrogen-bond donors (Lipinski definition) is 1. The maximum absolute atomic E-state index is 13.5. The Morgan fingerprint density at radius 1 is 1.21 bits per heavy atom. The molecule has 2 fully saturated rings. The van der Waals surface area contributed by atoms with Gasteiger partial charge in [-0.05, 0) is 64.9 Å².